The minimum Gasteiger partial charge on any atom is -0.308 e. The summed E-state index contributed by atoms with van der Waals surface area (Å²) in [4.78, 5) is 10.0. The van der Waals surface area contributed by atoms with Crippen LogP contribution in [0.5, 0.6) is 0 Å². The fraction of sp³-hybridized carbons (Fsp3) is 0.113. The molecule has 10 aromatic rings. The molecule has 0 unspecified atom stereocenters. The molecule has 11 heteroatoms. The van der Waals surface area contributed by atoms with E-state index in [1.807, 2.05) is 114 Å². The van der Waals surface area contributed by atoms with E-state index < -0.39 is 23.5 Å². The molecule has 0 aliphatic rings. The summed E-state index contributed by atoms with van der Waals surface area (Å²) in [6.45, 7) is 7.01. The zero-order chi connectivity index (χ0) is 44.8. The van der Waals surface area contributed by atoms with E-state index in [-0.39, 0.29) is 0 Å². The predicted octanol–water partition coefficient (Wildman–Crippen LogP) is 14.8. The van der Waals surface area contributed by atoms with Crippen LogP contribution in [0.4, 0.5) is 26.3 Å². The first-order valence-electron chi connectivity index (χ1n) is 20.4. The minimum atomic E-state index is -4.55. The van der Waals surface area contributed by atoms with E-state index in [1.54, 1.807) is 38.1 Å². The molecule has 0 fully saturated rings. The van der Waals surface area contributed by atoms with Crippen molar-refractivity contribution in [1.82, 2.24) is 19.1 Å². The Morgan fingerprint density at radius 3 is 1.30 bits per heavy atom. The summed E-state index contributed by atoms with van der Waals surface area (Å²) in [6, 6.07) is 42.5. The standard InChI is InChI=1S/C53H35F6N5/c1-29-17-36(24-38(19-29)52(54,55)56)34-13-15-42-40-9-5-7-11-44(40)63(46(42)26-34)48-22-33(28-60)23-49(50(48)51-61-31(3)21-32(4)62-51)64-45-12-8-6-10-41(45)43-16-14-35(27-47(43)64)37-18-30(2)20-39(25-37)53(57,58)59/h5-27H,1-4H3. The third kappa shape index (κ3) is 6.83. The number of rotatable bonds is 5. The van der Waals surface area contributed by atoms with E-state index in [0.717, 1.165) is 56.8 Å². The van der Waals surface area contributed by atoms with E-state index in [4.69, 9.17) is 9.97 Å². The van der Waals surface area contributed by atoms with Gasteiger partial charge < -0.3 is 9.13 Å². The van der Waals surface area contributed by atoms with E-state index in [9.17, 15) is 31.6 Å². The lowest BCUT2D eigenvalue weighted by atomic mass is 9.98. The first-order valence-corrected chi connectivity index (χ1v) is 20.4. The van der Waals surface area contributed by atoms with Gasteiger partial charge in [-0.3, -0.25) is 0 Å². The van der Waals surface area contributed by atoms with E-state index in [2.05, 4.69) is 6.07 Å². The number of para-hydroxylation sites is 2. The summed E-state index contributed by atoms with van der Waals surface area (Å²) < 4.78 is 88.8. The van der Waals surface area contributed by atoms with Crippen molar-refractivity contribution in [3.63, 3.8) is 0 Å². The number of fused-ring (bicyclic) bond motifs is 6. The molecule has 0 aliphatic carbocycles. The van der Waals surface area contributed by atoms with Crippen LogP contribution in [0.3, 0.4) is 0 Å². The van der Waals surface area contributed by atoms with Gasteiger partial charge in [0.1, 0.15) is 0 Å². The van der Waals surface area contributed by atoms with Crippen LogP contribution in [0.25, 0.3) is 88.6 Å². The molecule has 0 amide bonds. The molecule has 314 valence electrons. The average molecular weight is 856 g/mol. The molecular weight excluding hydrogens is 821 g/mol. The maximum absolute atomic E-state index is 14.1. The molecule has 0 N–H and O–H groups in total. The van der Waals surface area contributed by atoms with Crippen molar-refractivity contribution >= 4 is 43.6 Å². The Bertz CT molecular complexity index is 3380. The molecular formula is C53H35F6N5. The molecule has 0 spiro atoms. The monoisotopic (exact) mass is 855 g/mol. The molecule has 3 aromatic heterocycles. The summed E-state index contributed by atoms with van der Waals surface area (Å²) in [5.74, 6) is 0.359. The van der Waals surface area contributed by atoms with Gasteiger partial charge in [-0.1, -0.05) is 72.8 Å². The summed E-state index contributed by atoms with van der Waals surface area (Å²) in [5, 5.41) is 14.2. The molecule has 3 heterocycles. The highest BCUT2D eigenvalue weighted by Gasteiger charge is 2.32. The predicted molar refractivity (Wildman–Crippen MR) is 241 cm³/mol. The average Bonchev–Trinajstić information content (AvgIpc) is 3.76. The molecule has 0 aliphatic heterocycles. The van der Waals surface area contributed by atoms with Crippen molar-refractivity contribution in [2.45, 2.75) is 40.0 Å². The Kier molecular flexibility index (Phi) is 9.27. The van der Waals surface area contributed by atoms with E-state index >= 15 is 0 Å². The van der Waals surface area contributed by atoms with Gasteiger partial charge >= 0.3 is 12.4 Å². The maximum atomic E-state index is 14.1. The largest absolute Gasteiger partial charge is 0.416 e. The third-order valence-electron chi connectivity index (χ3n) is 11.7. The van der Waals surface area contributed by atoms with Crippen LogP contribution < -0.4 is 0 Å². The highest BCUT2D eigenvalue weighted by atomic mass is 19.4. The quantitative estimate of drug-likeness (QED) is 0.162. The van der Waals surface area contributed by atoms with Gasteiger partial charge in [0.05, 0.1) is 61.8 Å². The number of nitriles is 1. The van der Waals surface area contributed by atoms with Crippen molar-refractivity contribution in [3.8, 4) is 51.1 Å². The highest BCUT2D eigenvalue weighted by Crippen LogP contribution is 2.44. The van der Waals surface area contributed by atoms with Crippen LogP contribution in [0.2, 0.25) is 0 Å². The Hall–Kier alpha value is -7.71. The zero-order valence-electron chi connectivity index (χ0n) is 34.8. The number of benzene rings is 7. The van der Waals surface area contributed by atoms with Crippen molar-refractivity contribution in [3.05, 3.63) is 179 Å². The number of nitrogens with zero attached hydrogens (tertiary/aromatic N) is 5. The molecule has 7 aromatic carbocycles. The molecule has 64 heavy (non-hydrogen) atoms. The van der Waals surface area contributed by atoms with Gasteiger partial charge in [0.15, 0.2) is 5.82 Å². The Morgan fingerprint density at radius 1 is 0.453 bits per heavy atom. The summed E-state index contributed by atoms with van der Waals surface area (Å²) in [6.07, 6.45) is -9.09. The van der Waals surface area contributed by atoms with E-state index in [1.165, 1.54) is 0 Å². The minimum absolute atomic E-state index is 0.296. The van der Waals surface area contributed by atoms with E-state index in [0.29, 0.717) is 84.1 Å². The highest BCUT2D eigenvalue weighted by molar-refractivity contribution is 6.13. The second kappa shape index (κ2) is 14.7. The Labute approximate surface area is 363 Å². The van der Waals surface area contributed by atoms with Crippen LogP contribution in [-0.4, -0.2) is 19.1 Å². The Balaban J connectivity index is 1.34. The second-order valence-corrected chi connectivity index (χ2v) is 16.3. The molecule has 10 rings (SSSR count). The number of aromatic nitrogens is 4. The van der Waals surface area contributed by atoms with Gasteiger partial charge in [-0.15, -0.1) is 0 Å². The molecule has 0 bridgehead atoms. The van der Waals surface area contributed by atoms with Crippen molar-refractivity contribution in [1.29, 1.82) is 5.26 Å². The van der Waals surface area contributed by atoms with Crippen LogP contribution in [0, 0.1) is 39.0 Å². The van der Waals surface area contributed by atoms with Gasteiger partial charge in [-0.2, -0.15) is 31.6 Å². The second-order valence-electron chi connectivity index (χ2n) is 16.3. The molecule has 0 atom stereocenters. The Morgan fingerprint density at radius 2 is 0.875 bits per heavy atom. The summed E-state index contributed by atoms with van der Waals surface area (Å²) in [7, 11) is 0. The van der Waals surface area contributed by atoms with Crippen molar-refractivity contribution < 1.29 is 26.3 Å². The normalized spacial score (nSPS) is 12.2. The number of alkyl halides is 6. The number of hydrogen-bond acceptors (Lipinski definition) is 3. The molecule has 0 radical (unpaired) electrons. The number of halogens is 6. The maximum Gasteiger partial charge on any atom is 0.416 e. The summed E-state index contributed by atoms with van der Waals surface area (Å²) >= 11 is 0. The first-order chi connectivity index (χ1) is 30.5. The van der Waals surface area contributed by atoms with Crippen molar-refractivity contribution in [2.24, 2.45) is 0 Å². The van der Waals surface area contributed by atoms with Crippen molar-refractivity contribution in [2.75, 3.05) is 0 Å². The lowest BCUT2D eigenvalue weighted by Gasteiger charge is -2.20. The SMILES string of the molecule is Cc1cc(-c2ccc3c4ccccc4n(-c4cc(C#N)cc(-n5c6ccccc6c6ccc(-c7cc(C)cc(C(F)(F)F)c7)cc65)c4-c4nc(C)cc(C)n4)c3c2)cc(C(F)(F)F)c1. The van der Waals surface area contributed by atoms with Gasteiger partial charge in [0.25, 0.3) is 0 Å². The molecule has 5 nitrogen and oxygen atoms in total. The first kappa shape index (κ1) is 40.4. The summed E-state index contributed by atoms with van der Waals surface area (Å²) in [5.41, 5.74) is 7.53. The topological polar surface area (TPSA) is 59.4 Å². The van der Waals surface area contributed by atoms with Crippen LogP contribution in [-0.2, 0) is 12.4 Å². The lowest BCUT2D eigenvalue weighted by Crippen LogP contribution is -2.08. The number of hydrogen-bond donors (Lipinski definition) is 0. The fourth-order valence-corrected chi connectivity index (χ4v) is 9.14. The van der Waals surface area contributed by atoms with Crippen LogP contribution >= 0.6 is 0 Å². The van der Waals surface area contributed by atoms with Gasteiger partial charge in [0.2, 0.25) is 0 Å². The molecule has 0 saturated carbocycles. The van der Waals surface area contributed by atoms with Gasteiger partial charge in [0, 0.05) is 32.9 Å². The van der Waals surface area contributed by atoms with Crippen LogP contribution in [0.15, 0.2) is 140 Å². The van der Waals surface area contributed by atoms with Gasteiger partial charge in [-0.25, -0.2) is 9.97 Å². The molecule has 0 saturated heterocycles. The fourth-order valence-electron chi connectivity index (χ4n) is 9.14. The smallest absolute Gasteiger partial charge is 0.308 e. The van der Waals surface area contributed by atoms with Crippen LogP contribution in [0.1, 0.15) is 39.2 Å². The number of aryl methyl sites for hydroxylation is 4. The van der Waals surface area contributed by atoms with Gasteiger partial charge in [-0.05, 0) is 128 Å². The zero-order valence-corrected chi connectivity index (χ0v) is 34.8. The lowest BCUT2D eigenvalue weighted by molar-refractivity contribution is -0.138. The third-order valence-corrected chi connectivity index (χ3v) is 11.7.